The minimum atomic E-state index is -4.13. The molecule has 26 heavy (non-hydrogen) atoms. The number of aromatic nitrogens is 2. The van der Waals surface area contributed by atoms with Crippen molar-refractivity contribution in [3.05, 3.63) is 64.9 Å². The molecule has 0 aliphatic rings. The molecule has 0 saturated heterocycles. The number of rotatable bonds is 6. The maximum absolute atomic E-state index is 13.7. The third-order valence-electron chi connectivity index (χ3n) is 3.63. The highest BCUT2D eigenvalue weighted by Crippen LogP contribution is 2.27. The Hall–Kier alpha value is -2.23. The van der Waals surface area contributed by atoms with Crippen molar-refractivity contribution < 1.29 is 17.2 Å². The van der Waals surface area contributed by atoms with Gasteiger partial charge in [0.05, 0.1) is 5.69 Å². The molecule has 0 aliphatic heterocycles. The van der Waals surface area contributed by atoms with E-state index in [1.807, 2.05) is 19.1 Å². The standard InChI is InChI=1S/C17H15F2N3O2S2/c1-11-15(25-17(22-11)12-3-2-7-20-10-12)6-8-21-26(23,24)16-9-13(18)4-5-14(16)19/h2-5,7,9-10,21H,6,8H2,1H3. The molecule has 0 fully saturated rings. The number of benzene rings is 1. The third-order valence-corrected chi connectivity index (χ3v) is 6.37. The SMILES string of the molecule is Cc1nc(-c2cccnc2)sc1CCNS(=O)(=O)c1cc(F)ccc1F. The quantitative estimate of drug-likeness (QED) is 0.695. The molecule has 3 aromatic rings. The summed E-state index contributed by atoms with van der Waals surface area (Å²) in [4.78, 5) is 8.73. The minimum Gasteiger partial charge on any atom is -0.264 e. The monoisotopic (exact) mass is 395 g/mol. The van der Waals surface area contributed by atoms with E-state index < -0.39 is 26.6 Å². The molecule has 0 radical (unpaired) electrons. The molecule has 2 aromatic heterocycles. The first-order valence-corrected chi connectivity index (χ1v) is 9.98. The smallest absolute Gasteiger partial charge is 0.243 e. The summed E-state index contributed by atoms with van der Waals surface area (Å²) in [7, 11) is -4.13. The lowest BCUT2D eigenvalue weighted by Crippen LogP contribution is -2.26. The Morgan fingerprint density at radius 3 is 2.77 bits per heavy atom. The van der Waals surface area contributed by atoms with Gasteiger partial charge in [-0.25, -0.2) is 26.9 Å². The number of sulfonamides is 1. The van der Waals surface area contributed by atoms with Crippen LogP contribution in [0, 0.1) is 18.6 Å². The summed E-state index contributed by atoms with van der Waals surface area (Å²) < 4.78 is 53.5. The van der Waals surface area contributed by atoms with E-state index in [1.165, 1.54) is 11.3 Å². The highest BCUT2D eigenvalue weighted by molar-refractivity contribution is 7.89. The lowest BCUT2D eigenvalue weighted by Gasteiger charge is -2.07. The molecule has 136 valence electrons. The van der Waals surface area contributed by atoms with Crippen molar-refractivity contribution in [1.29, 1.82) is 0 Å². The van der Waals surface area contributed by atoms with Crippen LogP contribution in [-0.2, 0) is 16.4 Å². The minimum absolute atomic E-state index is 0.0494. The van der Waals surface area contributed by atoms with Crippen LogP contribution in [0.2, 0.25) is 0 Å². The van der Waals surface area contributed by atoms with Gasteiger partial charge < -0.3 is 0 Å². The summed E-state index contributed by atoms with van der Waals surface area (Å²) in [6.07, 6.45) is 3.77. The van der Waals surface area contributed by atoms with Crippen LogP contribution in [0.4, 0.5) is 8.78 Å². The van der Waals surface area contributed by atoms with Crippen molar-refractivity contribution in [2.45, 2.75) is 18.2 Å². The Morgan fingerprint density at radius 2 is 2.04 bits per heavy atom. The molecule has 0 bridgehead atoms. The second-order valence-electron chi connectivity index (χ2n) is 5.49. The second kappa shape index (κ2) is 7.56. The number of hydrogen-bond acceptors (Lipinski definition) is 5. The summed E-state index contributed by atoms with van der Waals surface area (Å²) >= 11 is 1.44. The number of halogens is 2. The molecule has 0 atom stereocenters. The van der Waals surface area contributed by atoms with E-state index in [0.717, 1.165) is 33.3 Å². The zero-order valence-electron chi connectivity index (χ0n) is 13.7. The Labute approximate surface area is 153 Å². The molecule has 0 saturated carbocycles. The summed E-state index contributed by atoms with van der Waals surface area (Å²) in [6, 6.07) is 6.03. The van der Waals surface area contributed by atoms with Crippen LogP contribution in [0.5, 0.6) is 0 Å². The Kier molecular flexibility index (Phi) is 5.40. The molecular weight excluding hydrogens is 380 g/mol. The average Bonchev–Trinajstić information content (AvgIpc) is 2.98. The summed E-state index contributed by atoms with van der Waals surface area (Å²) in [6.45, 7) is 1.89. The molecule has 0 aliphatic carbocycles. The van der Waals surface area contributed by atoms with Gasteiger partial charge >= 0.3 is 0 Å². The van der Waals surface area contributed by atoms with Crippen molar-refractivity contribution in [3.63, 3.8) is 0 Å². The molecule has 0 spiro atoms. The molecule has 2 heterocycles. The maximum atomic E-state index is 13.7. The lowest BCUT2D eigenvalue weighted by molar-refractivity contribution is 0.546. The van der Waals surface area contributed by atoms with Crippen LogP contribution in [0.15, 0.2) is 47.6 Å². The number of hydrogen-bond donors (Lipinski definition) is 1. The molecular formula is C17H15F2N3O2S2. The van der Waals surface area contributed by atoms with Gasteiger partial charge in [0.2, 0.25) is 10.0 Å². The van der Waals surface area contributed by atoms with Crippen LogP contribution >= 0.6 is 11.3 Å². The van der Waals surface area contributed by atoms with Crippen molar-refractivity contribution in [2.24, 2.45) is 0 Å². The number of aryl methyl sites for hydroxylation is 1. The number of nitrogens with zero attached hydrogens (tertiary/aromatic N) is 2. The highest BCUT2D eigenvalue weighted by Gasteiger charge is 2.20. The molecule has 9 heteroatoms. The fraction of sp³-hybridized carbons (Fsp3) is 0.176. The van der Waals surface area contributed by atoms with Crippen LogP contribution in [0.3, 0.4) is 0 Å². The van der Waals surface area contributed by atoms with E-state index in [-0.39, 0.29) is 6.54 Å². The van der Waals surface area contributed by atoms with Crippen LogP contribution < -0.4 is 4.72 Å². The van der Waals surface area contributed by atoms with Gasteiger partial charge in [0.1, 0.15) is 21.5 Å². The van der Waals surface area contributed by atoms with Gasteiger partial charge in [-0.3, -0.25) is 4.98 Å². The maximum Gasteiger partial charge on any atom is 0.243 e. The van der Waals surface area contributed by atoms with E-state index in [2.05, 4.69) is 14.7 Å². The first-order valence-electron chi connectivity index (χ1n) is 7.68. The van der Waals surface area contributed by atoms with Crippen molar-refractivity contribution in [3.8, 4) is 10.6 Å². The largest absolute Gasteiger partial charge is 0.264 e. The van der Waals surface area contributed by atoms with Crippen molar-refractivity contribution >= 4 is 21.4 Å². The summed E-state index contributed by atoms with van der Waals surface area (Å²) in [5.41, 5.74) is 1.68. The number of pyridine rings is 1. The first-order chi connectivity index (χ1) is 12.4. The van der Waals surface area contributed by atoms with Gasteiger partial charge in [-0.1, -0.05) is 0 Å². The van der Waals surface area contributed by atoms with E-state index >= 15 is 0 Å². The Morgan fingerprint density at radius 1 is 1.23 bits per heavy atom. The average molecular weight is 395 g/mol. The molecule has 3 rings (SSSR count). The third kappa shape index (κ3) is 4.12. The normalized spacial score (nSPS) is 11.7. The van der Waals surface area contributed by atoms with Gasteiger partial charge in [-0.2, -0.15) is 0 Å². The molecule has 0 amide bonds. The fourth-order valence-corrected chi connectivity index (χ4v) is 4.50. The summed E-state index contributed by atoms with van der Waals surface area (Å²) in [5, 5.41) is 0.796. The van der Waals surface area contributed by atoms with E-state index in [0.29, 0.717) is 12.5 Å². The molecule has 1 N–H and O–H groups in total. The summed E-state index contributed by atoms with van der Waals surface area (Å²) in [5.74, 6) is -1.81. The predicted molar refractivity (Wildman–Crippen MR) is 95.3 cm³/mol. The Balaban J connectivity index is 1.70. The van der Waals surface area contributed by atoms with E-state index in [1.54, 1.807) is 12.4 Å². The molecule has 5 nitrogen and oxygen atoms in total. The first kappa shape index (κ1) is 18.6. The van der Waals surface area contributed by atoms with Crippen LogP contribution in [-0.4, -0.2) is 24.9 Å². The fourth-order valence-electron chi connectivity index (χ4n) is 2.33. The van der Waals surface area contributed by atoms with Crippen molar-refractivity contribution in [1.82, 2.24) is 14.7 Å². The van der Waals surface area contributed by atoms with Crippen LogP contribution in [0.25, 0.3) is 10.6 Å². The van der Waals surface area contributed by atoms with Gasteiger partial charge in [-0.15, -0.1) is 11.3 Å². The van der Waals surface area contributed by atoms with Crippen LogP contribution in [0.1, 0.15) is 10.6 Å². The lowest BCUT2D eigenvalue weighted by atomic mass is 10.3. The molecule has 0 unspecified atom stereocenters. The van der Waals surface area contributed by atoms with Gasteiger partial charge in [0.25, 0.3) is 0 Å². The second-order valence-corrected chi connectivity index (χ2v) is 8.31. The number of thiazole rings is 1. The predicted octanol–water partition coefficient (Wildman–Crippen LogP) is 3.31. The molecule has 1 aromatic carbocycles. The van der Waals surface area contributed by atoms with Gasteiger partial charge in [-0.05, 0) is 43.7 Å². The highest BCUT2D eigenvalue weighted by atomic mass is 32.2. The zero-order chi connectivity index (χ0) is 18.7. The van der Waals surface area contributed by atoms with Crippen molar-refractivity contribution in [2.75, 3.05) is 6.54 Å². The van der Waals surface area contributed by atoms with Gasteiger partial charge in [0.15, 0.2) is 0 Å². The topological polar surface area (TPSA) is 72.0 Å². The Bertz CT molecular complexity index is 1020. The zero-order valence-corrected chi connectivity index (χ0v) is 15.4. The van der Waals surface area contributed by atoms with E-state index in [4.69, 9.17) is 0 Å². The van der Waals surface area contributed by atoms with E-state index in [9.17, 15) is 17.2 Å². The van der Waals surface area contributed by atoms with Gasteiger partial charge in [0, 0.05) is 29.4 Å². The number of nitrogens with one attached hydrogen (secondary N) is 1.